The Bertz CT molecular complexity index is 1920. The number of hydrogen-bond acceptors (Lipinski definition) is 8. The van der Waals surface area contributed by atoms with E-state index in [4.69, 9.17) is 0 Å². The van der Waals surface area contributed by atoms with Crippen LogP contribution in [0.3, 0.4) is 0 Å². The van der Waals surface area contributed by atoms with Gasteiger partial charge in [-0.3, -0.25) is 19.2 Å². The maximum absolute atomic E-state index is 13.5. The highest BCUT2D eigenvalue weighted by molar-refractivity contribution is 5.96. The zero-order valence-electron chi connectivity index (χ0n) is 37.7. The highest BCUT2D eigenvalue weighted by Gasteiger charge is 2.59. The summed E-state index contributed by atoms with van der Waals surface area (Å²) in [5, 5.41) is 28.0. The smallest absolute Gasteiger partial charge is 0.227 e. The molecule has 4 unspecified atom stereocenters. The van der Waals surface area contributed by atoms with Crippen molar-refractivity contribution in [2.45, 2.75) is 140 Å². The van der Waals surface area contributed by atoms with Crippen molar-refractivity contribution in [2.24, 2.45) is 46.3 Å². The molecule has 4 aliphatic heterocycles. The van der Waals surface area contributed by atoms with Crippen LogP contribution in [0, 0.1) is 46.3 Å². The fraction of sp³-hybridized carbons (Fsp3) is 0.692. The molecule has 4 saturated heterocycles. The summed E-state index contributed by atoms with van der Waals surface area (Å²) in [5.41, 5.74) is 3.84. The fourth-order valence-corrected chi connectivity index (χ4v) is 15.4. The van der Waals surface area contributed by atoms with Crippen molar-refractivity contribution in [3.8, 4) is 0 Å². The maximum Gasteiger partial charge on any atom is 0.227 e. The normalized spacial score (nSPS) is 38.4. The van der Waals surface area contributed by atoms with Crippen molar-refractivity contribution in [2.75, 3.05) is 58.9 Å². The van der Waals surface area contributed by atoms with E-state index in [0.29, 0.717) is 48.3 Å². The van der Waals surface area contributed by atoms with Crippen LogP contribution in [0.5, 0.6) is 0 Å². The Kier molecular flexibility index (Phi) is 11.2. The van der Waals surface area contributed by atoms with Crippen molar-refractivity contribution in [3.63, 3.8) is 0 Å². The standard InChI is InChI=1S/2C26H35N3O3/c2*30-23-4-2-10-29(23)22-7-5-21(6-8-22)28-9-1-3-20(16-28)27-25(32)26-13-17-11-18(14-26)24(31)19(12-17)15-26/h2*5-8,17-20,24,31H,1-4,9-16H2,(H,27,32)/t2*17?,18?,19?,20-,24?,26?/m00/s1. The molecule has 344 valence electrons. The molecule has 12 heteroatoms. The first-order valence-corrected chi connectivity index (χ1v) is 25.3. The molecule has 8 bridgehead atoms. The molecule has 0 radical (unpaired) electrons. The average Bonchev–Trinajstić information content (AvgIpc) is 3.94. The Morgan fingerprint density at radius 1 is 0.500 bits per heavy atom. The Hall–Kier alpha value is -4.16. The zero-order chi connectivity index (χ0) is 43.7. The lowest BCUT2D eigenvalue weighted by Crippen LogP contribution is -2.60. The van der Waals surface area contributed by atoms with E-state index in [9.17, 15) is 29.4 Å². The summed E-state index contributed by atoms with van der Waals surface area (Å²) in [6.07, 6.45) is 17.0. The number of nitrogens with one attached hydrogen (secondary N) is 2. The lowest BCUT2D eigenvalue weighted by Gasteiger charge is -2.58. The minimum absolute atomic E-state index is 0.175. The molecule has 4 N–H and O–H groups in total. The van der Waals surface area contributed by atoms with Crippen molar-refractivity contribution >= 4 is 46.4 Å². The molecule has 12 aliphatic rings. The minimum Gasteiger partial charge on any atom is -0.393 e. The molecule has 0 aromatic heterocycles. The van der Waals surface area contributed by atoms with Crippen LogP contribution in [0.25, 0.3) is 0 Å². The first-order valence-electron chi connectivity index (χ1n) is 25.3. The van der Waals surface area contributed by atoms with Crippen molar-refractivity contribution in [1.29, 1.82) is 0 Å². The lowest BCUT2D eigenvalue weighted by molar-refractivity contribution is -0.164. The van der Waals surface area contributed by atoms with E-state index in [1.807, 2.05) is 9.80 Å². The molecule has 8 aliphatic carbocycles. The summed E-state index contributed by atoms with van der Waals surface area (Å²) in [6, 6.07) is 17.0. The topological polar surface area (TPSA) is 146 Å². The third-order valence-electron chi connectivity index (χ3n) is 18.1. The number of benzene rings is 2. The fourth-order valence-electron chi connectivity index (χ4n) is 15.4. The van der Waals surface area contributed by atoms with Gasteiger partial charge in [-0.2, -0.15) is 0 Å². The second-order valence-corrected chi connectivity index (χ2v) is 22.3. The molecule has 2 aromatic rings. The molecule has 14 rings (SSSR count). The van der Waals surface area contributed by atoms with Gasteiger partial charge in [0.2, 0.25) is 23.6 Å². The molecule has 64 heavy (non-hydrogen) atoms. The quantitative estimate of drug-likeness (QED) is 0.247. The van der Waals surface area contributed by atoms with Crippen LogP contribution >= 0.6 is 0 Å². The minimum atomic E-state index is -0.234. The molecule has 2 aromatic carbocycles. The van der Waals surface area contributed by atoms with Crippen LogP contribution in [0.2, 0.25) is 0 Å². The predicted molar refractivity (Wildman–Crippen MR) is 247 cm³/mol. The summed E-state index contributed by atoms with van der Waals surface area (Å²) < 4.78 is 0. The number of aliphatic hydroxyl groups excluding tert-OH is 2. The Balaban J connectivity index is 0.000000143. The monoisotopic (exact) mass is 875 g/mol. The van der Waals surface area contributed by atoms with E-state index >= 15 is 0 Å². The molecule has 4 amide bonds. The number of piperidine rings is 2. The summed E-state index contributed by atoms with van der Waals surface area (Å²) >= 11 is 0. The number of hydrogen-bond donors (Lipinski definition) is 4. The van der Waals surface area contributed by atoms with Gasteiger partial charge in [-0.25, -0.2) is 0 Å². The molecule has 6 atom stereocenters. The van der Waals surface area contributed by atoms with Gasteiger partial charge in [-0.05, 0) is 187 Å². The summed E-state index contributed by atoms with van der Waals surface area (Å²) in [7, 11) is 0. The molecule has 8 saturated carbocycles. The molecule has 0 spiro atoms. The van der Waals surface area contributed by atoms with Crippen LogP contribution < -0.4 is 30.2 Å². The van der Waals surface area contributed by atoms with E-state index in [0.717, 1.165) is 165 Å². The van der Waals surface area contributed by atoms with Gasteiger partial charge in [0.1, 0.15) is 0 Å². The largest absolute Gasteiger partial charge is 0.393 e. The van der Waals surface area contributed by atoms with Crippen LogP contribution in [-0.2, 0) is 19.2 Å². The zero-order valence-corrected chi connectivity index (χ0v) is 37.7. The molecule has 4 heterocycles. The number of rotatable bonds is 8. The number of amides is 4. The number of carbonyl (C=O) groups is 4. The van der Waals surface area contributed by atoms with E-state index in [2.05, 4.69) is 69.0 Å². The van der Waals surface area contributed by atoms with Gasteiger partial charge in [0, 0.05) is 86.9 Å². The molecular weight excluding hydrogens is 805 g/mol. The van der Waals surface area contributed by atoms with Gasteiger partial charge in [0.15, 0.2) is 0 Å². The first-order chi connectivity index (χ1) is 31.0. The highest BCUT2D eigenvalue weighted by Crippen LogP contribution is 2.61. The SMILES string of the molecule is O=C1CCCN1c1ccc(N2CCC[C@H](NC(=O)C34CC5CC(C3)C(O)C(C5)C4)C2)cc1.O=C1CCCN1c1ccc(N2CCC[C@H](NC(=O)C34CC5CC(C3)C(O)C(C5)C4)C2)cc1. The van der Waals surface area contributed by atoms with Crippen LogP contribution in [0.1, 0.15) is 116 Å². The lowest BCUT2D eigenvalue weighted by atomic mass is 9.48. The van der Waals surface area contributed by atoms with E-state index in [-0.39, 0.29) is 58.8 Å². The van der Waals surface area contributed by atoms with Gasteiger partial charge < -0.3 is 40.4 Å². The second kappa shape index (κ2) is 16.9. The molecular formula is C52H70N6O6. The predicted octanol–water partition coefficient (Wildman–Crippen LogP) is 6.17. The average molecular weight is 875 g/mol. The third-order valence-corrected chi connectivity index (χ3v) is 18.1. The summed E-state index contributed by atoms with van der Waals surface area (Å²) in [5.74, 6) is 3.51. The van der Waals surface area contributed by atoms with Crippen LogP contribution in [0.4, 0.5) is 22.7 Å². The van der Waals surface area contributed by atoms with Crippen LogP contribution in [-0.4, -0.2) is 97.4 Å². The van der Waals surface area contributed by atoms with Gasteiger partial charge in [0.05, 0.1) is 23.0 Å². The number of nitrogens with zero attached hydrogens (tertiary/aromatic N) is 4. The Morgan fingerprint density at radius 2 is 0.859 bits per heavy atom. The number of carbonyl (C=O) groups excluding carboxylic acids is 4. The molecule has 12 nitrogen and oxygen atoms in total. The van der Waals surface area contributed by atoms with E-state index in [1.165, 1.54) is 0 Å². The third kappa shape index (κ3) is 7.90. The molecule has 12 fully saturated rings. The maximum atomic E-state index is 13.5. The van der Waals surface area contributed by atoms with Crippen LogP contribution in [0.15, 0.2) is 48.5 Å². The summed E-state index contributed by atoms with van der Waals surface area (Å²) in [4.78, 5) is 59.5. The summed E-state index contributed by atoms with van der Waals surface area (Å²) in [6.45, 7) is 5.30. The van der Waals surface area contributed by atoms with Crippen molar-refractivity contribution in [3.05, 3.63) is 48.5 Å². The Labute approximate surface area is 378 Å². The highest BCUT2D eigenvalue weighted by atomic mass is 16.3. The first kappa shape index (κ1) is 42.5. The Morgan fingerprint density at radius 3 is 1.20 bits per heavy atom. The van der Waals surface area contributed by atoms with Gasteiger partial charge >= 0.3 is 0 Å². The number of anilines is 4. The number of aliphatic hydroxyl groups is 2. The van der Waals surface area contributed by atoms with Crippen molar-refractivity contribution < 1.29 is 29.4 Å². The van der Waals surface area contributed by atoms with Gasteiger partial charge in [0.25, 0.3) is 0 Å². The van der Waals surface area contributed by atoms with Gasteiger partial charge in [-0.15, -0.1) is 0 Å². The van der Waals surface area contributed by atoms with Crippen molar-refractivity contribution in [1.82, 2.24) is 10.6 Å². The van der Waals surface area contributed by atoms with E-state index in [1.54, 1.807) is 0 Å². The second-order valence-electron chi connectivity index (χ2n) is 22.3. The van der Waals surface area contributed by atoms with E-state index < -0.39 is 0 Å². The van der Waals surface area contributed by atoms with Gasteiger partial charge in [-0.1, -0.05) is 0 Å².